The molecule has 2 heterocycles. The summed E-state index contributed by atoms with van der Waals surface area (Å²) < 4.78 is 13.6. The molecule has 0 N–H and O–H groups in total. The van der Waals surface area contributed by atoms with Crippen LogP contribution in [0.25, 0.3) is 10.9 Å². The molecule has 0 unspecified atom stereocenters. The second kappa shape index (κ2) is 9.26. The lowest BCUT2D eigenvalue weighted by atomic mass is 10.1. The highest BCUT2D eigenvalue weighted by Gasteiger charge is 2.13. The molecular weight excluding hydrogens is 348 g/mol. The van der Waals surface area contributed by atoms with Crippen LogP contribution < -0.4 is 4.74 Å². The molecule has 1 fully saturated rings. The van der Waals surface area contributed by atoms with E-state index in [1.54, 1.807) is 0 Å². The Labute approximate surface area is 167 Å². The van der Waals surface area contributed by atoms with E-state index in [9.17, 15) is 0 Å². The zero-order valence-electron chi connectivity index (χ0n) is 16.8. The Morgan fingerprint density at radius 2 is 1.86 bits per heavy atom. The van der Waals surface area contributed by atoms with Crippen molar-refractivity contribution in [2.75, 3.05) is 39.5 Å². The number of morpholine rings is 1. The van der Waals surface area contributed by atoms with Crippen LogP contribution in [0.5, 0.6) is 5.75 Å². The van der Waals surface area contributed by atoms with Gasteiger partial charge in [-0.3, -0.25) is 4.90 Å². The van der Waals surface area contributed by atoms with Crippen LogP contribution in [0.3, 0.4) is 0 Å². The topological polar surface area (TPSA) is 26.6 Å². The maximum absolute atomic E-state index is 5.76. The number of nitrogens with zero attached hydrogens (tertiary/aromatic N) is 2. The summed E-state index contributed by atoms with van der Waals surface area (Å²) in [5, 5.41) is 1.32. The number of aromatic nitrogens is 1. The first kappa shape index (κ1) is 19.0. The zero-order valence-corrected chi connectivity index (χ0v) is 16.8. The number of fused-ring (bicyclic) bond motifs is 1. The molecule has 4 heteroatoms. The van der Waals surface area contributed by atoms with Crippen molar-refractivity contribution < 1.29 is 9.47 Å². The Kier molecular flexibility index (Phi) is 6.30. The van der Waals surface area contributed by atoms with Gasteiger partial charge in [-0.05, 0) is 55.6 Å². The van der Waals surface area contributed by atoms with Crippen LogP contribution in [-0.2, 0) is 17.7 Å². The standard InChI is InChI=1S/C24H30N2O2/c1-2-28-22-10-11-24-23(17-22)21(9-6-12-25-13-15-27-16-14-25)19-26(24)18-20-7-4-3-5-8-20/h3-5,7-8,10-11,17,19H,2,6,9,12-16,18H2,1H3. The molecule has 3 aromatic rings. The minimum Gasteiger partial charge on any atom is -0.494 e. The van der Waals surface area contributed by atoms with Crippen molar-refractivity contribution in [3.63, 3.8) is 0 Å². The summed E-state index contributed by atoms with van der Waals surface area (Å²) in [6, 6.07) is 17.2. The fraction of sp³-hybridized carbons (Fsp3) is 0.417. The second-order valence-corrected chi connectivity index (χ2v) is 7.44. The summed E-state index contributed by atoms with van der Waals surface area (Å²) in [4.78, 5) is 2.51. The van der Waals surface area contributed by atoms with Crippen LogP contribution >= 0.6 is 0 Å². The third kappa shape index (κ3) is 4.57. The molecule has 4 nitrogen and oxygen atoms in total. The van der Waals surface area contributed by atoms with Gasteiger partial charge in [-0.2, -0.15) is 0 Å². The zero-order chi connectivity index (χ0) is 19.2. The second-order valence-electron chi connectivity index (χ2n) is 7.44. The molecular formula is C24H30N2O2. The lowest BCUT2D eigenvalue weighted by Crippen LogP contribution is -2.36. The summed E-state index contributed by atoms with van der Waals surface area (Å²) in [5.74, 6) is 0.960. The molecule has 1 aliphatic heterocycles. The van der Waals surface area contributed by atoms with Gasteiger partial charge in [-0.1, -0.05) is 30.3 Å². The van der Waals surface area contributed by atoms with Crippen LogP contribution in [0, 0.1) is 0 Å². The molecule has 1 saturated heterocycles. The smallest absolute Gasteiger partial charge is 0.120 e. The van der Waals surface area contributed by atoms with E-state index in [2.05, 4.69) is 64.2 Å². The van der Waals surface area contributed by atoms with Gasteiger partial charge in [0.2, 0.25) is 0 Å². The summed E-state index contributed by atoms with van der Waals surface area (Å²) in [6.45, 7) is 8.63. The molecule has 0 spiro atoms. The molecule has 28 heavy (non-hydrogen) atoms. The van der Waals surface area contributed by atoms with E-state index >= 15 is 0 Å². The molecule has 1 aromatic heterocycles. The summed E-state index contributed by atoms with van der Waals surface area (Å²) in [7, 11) is 0. The van der Waals surface area contributed by atoms with Gasteiger partial charge in [0.15, 0.2) is 0 Å². The summed E-state index contributed by atoms with van der Waals surface area (Å²) in [5.41, 5.74) is 4.03. The van der Waals surface area contributed by atoms with Crippen molar-refractivity contribution in [2.24, 2.45) is 0 Å². The predicted molar refractivity (Wildman–Crippen MR) is 114 cm³/mol. The predicted octanol–water partition coefficient (Wildman–Crippen LogP) is 4.35. The van der Waals surface area contributed by atoms with Gasteiger partial charge in [0, 0.05) is 36.7 Å². The monoisotopic (exact) mass is 378 g/mol. The molecule has 148 valence electrons. The average Bonchev–Trinajstić information content (AvgIpc) is 3.07. The van der Waals surface area contributed by atoms with Gasteiger partial charge in [0.05, 0.1) is 19.8 Å². The first-order valence-corrected chi connectivity index (χ1v) is 10.4. The highest BCUT2D eigenvalue weighted by molar-refractivity contribution is 5.85. The van der Waals surface area contributed by atoms with Crippen molar-refractivity contribution >= 4 is 10.9 Å². The molecule has 0 bridgehead atoms. The fourth-order valence-electron chi connectivity index (χ4n) is 4.03. The van der Waals surface area contributed by atoms with Gasteiger partial charge < -0.3 is 14.0 Å². The molecule has 1 aliphatic rings. The van der Waals surface area contributed by atoms with Crippen LogP contribution in [-0.4, -0.2) is 48.9 Å². The molecule has 2 aromatic carbocycles. The fourth-order valence-corrected chi connectivity index (χ4v) is 4.03. The number of aryl methyl sites for hydroxylation is 1. The Bertz CT molecular complexity index is 882. The third-order valence-corrected chi connectivity index (χ3v) is 5.47. The summed E-state index contributed by atoms with van der Waals surface area (Å²) >= 11 is 0. The molecule has 0 saturated carbocycles. The van der Waals surface area contributed by atoms with Crippen LogP contribution in [0.4, 0.5) is 0 Å². The number of hydrogen-bond acceptors (Lipinski definition) is 3. The van der Waals surface area contributed by atoms with Crippen molar-refractivity contribution in [2.45, 2.75) is 26.3 Å². The Morgan fingerprint density at radius 3 is 2.64 bits per heavy atom. The highest BCUT2D eigenvalue weighted by atomic mass is 16.5. The average molecular weight is 379 g/mol. The SMILES string of the molecule is CCOc1ccc2c(c1)c(CCCN1CCOCC1)cn2Cc1ccccc1. The third-order valence-electron chi connectivity index (χ3n) is 5.47. The van der Waals surface area contributed by atoms with Crippen molar-refractivity contribution in [3.05, 3.63) is 65.9 Å². The van der Waals surface area contributed by atoms with Crippen LogP contribution in [0.15, 0.2) is 54.7 Å². The number of hydrogen-bond donors (Lipinski definition) is 0. The van der Waals surface area contributed by atoms with Crippen molar-refractivity contribution in [3.8, 4) is 5.75 Å². The van der Waals surface area contributed by atoms with Gasteiger partial charge in [0.25, 0.3) is 0 Å². The Balaban J connectivity index is 1.55. The van der Waals surface area contributed by atoms with Crippen molar-refractivity contribution in [1.29, 1.82) is 0 Å². The normalized spacial score (nSPS) is 15.2. The van der Waals surface area contributed by atoms with Gasteiger partial charge in [-0.25, -0.2) is 0 Å². The maximum Gasteiger partial charge on any atom is 0.120 e. The van der Waals surface area contributed by atoms with Gasteiger partial charge in [0.1, 0.15) is 5.75 Å². The quantitative estimate of drug-likeness (QED) is 0.583. The minimum absolute atomic E-state index is 0.697. The first-order chi connectivity index (χ1) is 13.8. The van der Waals surface area contributed by atoms with E-state index in [1.165, 1.54) is 28.5 Å². The molecule has 4 rings (SSSR count). The molecule has 0 atom stereocenters. The van der Waals surface area contributed by atoms with E-state index in [4.69, 9.17) is 9.47 Å². The largest absolute Gasteiger partial charge is 0.494 e. The van der Waals surface area contributed by atoms with E-state index in [0.29, 0.717) is 6.61 Å². The highest BCUT2D eigenvalue weighted by Crippen LogP contribution is 2.28. The minimum atomic E-state index is 0.697. The van der Waals surface area contributed by atoms with Gasteiger partial charge in [-0.15, -0.1) is 0 Å². The molecule has 0 aliphatic carbocycles. The van der Waals surface area contributed by atoms with E-state index in [0.717, 1.165) is 51.6 Å². The van der Waals surface area contributed by atoms with E-state index in [1.807, 2.05) is 6.92 Å². The van der Waals surface area contributed by atoms with Crippen LogP contribution in [0.2, 0.25) is 0 Å². The Hall–Kier alpha value is -2.30. The first-order valence-electron chi connectivity index (χ1n) is 10.4. The molecule has 0 radical (unpaired) electrons. The van der Waals surface area contributed by atoms with E-state index in [-0.39, 0.29) is 0 Å². The number of rotatable bonds is 8. The number of benzene rings is 2. The molecule has 0 amide bonds. The van der Waals surface area contributed by atoms with Crippen molar-refractivity contribution in [1.82, 2.24) is 9.47 Å². The number of ether oxygens (including phenoxy) is 2. The lowest BCUT2D eigenvalue weighted by molar-refractivity contribution is 0.0375. The van der Waals surface area contributed by atoms with Crippen LogP contribution in [0.1, 0.15) is 24.5 Å². The maximum atomic E-state index is 5.76. The van der Waals surface area contributed by atoms with E-state index < -0.39 is 0 Å². The lowest BCUT2D eigenvalue weighted by Gasteiger charge is -2.26. The van der Waals surface area contributed by atoms with Gasteiger partial charge >= 0.3 is 0 Å². The Morgan fingerprint density at radius 1 is 1.04 bits per heavy atom. The summed E-state index contributed by atoms with van der Waals surface area (Å²) in [6.07, 6.45) is 4.60.